The summed E-state index contributed by atoms with van der Waals surface area (Å²) < 4.78 is 0. The molecule has 86 valence electrons. The van der Waals surface area contributed by atoms with E-state index >= 15 is 0 Å². The second-order valence-corrected chi connectivity index (χ2v) is 4.89. The number of non-ortho nitro benzene ring substituents is 1. The van der Waals surface area contributed by atoms with E-state index in [4.69, 9.17) is 11.6 Å². The summed E-state index contributed by atoms with van der Waals surface area (Å²) in [7, 11) is 0. The second-order valence-electron chi connectivity index (χ2n) is 3.31. The van der Waals surface area contributed by atoms with E-state index in [1.807, 2.05) is 18.2 Å². The molecule has 2 aromatic rings. The SMILES string of the molecule is O=[N+]([O-])c1cccc(Sc2ccc(Cl)cc2)c1. The smallest absolute Gasteiger partial charge is 0.258 e. The largest absolute Gasteiger partial charge is 0.270 e. The molecule has 0 amide bonds. The van der Waals surface area contributed by atoms with Crippen LogP contribution in [0.25, 0.3) is 0 Å². The van der Waals surface area contributed by atoms with Gasteiger partial charge >= 0.3 is 0 Å². The van der Waals surface area contributed by atoms with Crippen LogP contribution in [-0.2, 0) is 0 Å². The third-order valence-electron chi connectivity index (χ3n) is 2.08. The van der Waals surface area contributed by atoms with Gasteiger partial charge < -0.3 is 0 Å². The van der Waals surface area contributed by atoms with Gasteiger partial charge in [-0.25, -0.2) is 0 Å². The fourth-order valence-electron chi connectivity index (χ4n) is 1.30. The molecular formula is C12H8ClNO2S. The van der Waals surface area contributed by atoms with Crippen molar-refractivity contribution in [2.24, 2.45) is 0 Å². The molecule has 0 atom stereocenters. The van der Waals surface area contributed by atoms with Crippen molar-refractivity contribution in [2.45, 2.75) is 9.79 Å². The Bertz CT molecular complexity index is 542. The van der Waals surface area contributed by atoms with E-state index in [2.05, 4.69) is 0 Å². The highest BCUT2D eigenvalue weighted by Crippen LogP contribution is 2.30. The third-order valence-corrected chi connectivity index (χ3v) is 3.33. The first-order valence-corrected chi connectivity index (χ1v) is 6.02. The standard InChI is InChI=1S/C12H8ClNO2S/c13-9-4-6-11(7-5-9)17-12-3-1-2-10(8-12)14(15)16/h1-8H. The first-order valence-electron chi connectivity index (χ1n) is 4.83. The molecule has 0 radical (unpaired) electrons. The highest BCUT2D eigenvalue weighted by Gasteiger charge is 2.06. The van der Waals surface area contributed by atoms with E-state index in [0.29, 0.717) is 5.02 Å². The first-order chi connectivity index (χ1) is 8.15. The lowest BCUT2D eigenvalue weighted by atomic mass is 10.3. The Hall–Kier alpha value is -1.52. The van der Waals surface area contributed by atoms with Crippen molar-refractivity contribution in [1.29, 1.82) is 0 Å². The lowest BCUT2D eigenvalue weighted by molar-refractivity contribution is -0.385. The molecule has 3 nitrogen and oxygen atoms in total. The number of nitro groups is 1. The molecule has 0 saturated heterocycles. The summed E-state index contributed by atoms with van der Waals surface area (Å²) in [5.74, 6) is 0. The number of rotatable bonds is 3. The normalized spacial score (nSPS) is 10.2. The predicted molar refractivity (Wildman–Crippen MR) is 68.7 cm³/mol. The van der Waals surface area contributed by atoms with Gasteiger partial charge in [0.15, 0.2) is 0 Å². The Balaban J connectivity index is 2.21. The number of benzene rings is 2. The fourth-order valence-corrected chi connectivity index (χ4v) is 2.30. The lowest BCUT2D eigenvalue weighted by Gasteiger charge is -2.01. The van der Waals surface area contributed by atoms with Gasteiger partial charge in [-0.3, -0.25) is 10.1 Å². The van der Waals surface area contributed by atoms with E-state index in [-0.39, 0.29) is 5.69 Å². The average molecular weight is 266 g/mol. The molecular weight excluding hydrogens is 258 g/mol. The highest BCUT2D eigenvalue weighted by molar-refractivity contribution is 7.99. The van der Waals surface area contributed by atoms with Crippen LogP contribution in [0.2, 0.25) is 5.02 Å². The minimum atomic E-state index is -0.397. The Labute approximate surface area is 108 Å². The number of nitrogens with zero attached hydrogens (tertiary/aromatic N) is 1. The number of hydrogen-bond acceptors (Lipinski definition) is 3. The molecule has 2 aromatic carbocycles. The van der Waals surface area contributed by atoms with Crippen molar-refractivity contribution in [3.8, 4) is 0 Å². The van der Waals surface area contributed by atoms with Crippen LogP contribution in [0.5, 0.6) is 0 Å². The molecule has 0 N–H and O–H groups in total. The van der Waals surface area contributed by atoms with E-state index < -0.39 is 4.92 Å². The summed E-state index contributed by atoms with van der Waals surface area (Å²) in [6.07, 6.45) is 0. The first kappa shape index (κ1) is 12.0. The second kappa shape index (κ2) is 5.21. The van der Waals surface area contributed by atoms with Crippen LogP contribution in [0.1, 0.15) is 0 Å². The molecule has 0 fully saturated rings. The van der Waals surface area contributed by atoms with E-state index in [0.717, 1.165) is 9.79 Å². The average Bonchev–Trinajstić information content (AvgIpc) is 2.32. The Morgan fingerprint density at radius 2 is 1.76 bits per heavy atom. The zero-order valence-electron chi connectivity index (χ0n) is 8.67. The van der Waals surface area contributed by atoms with Crippen LogP contribution in [0.15, 0.2) is 58.3 Å². The van der Waals surface area contributed by atoms with Gasteiger partial charge in [0.1, 0.15) is 0 Å². The molecule has 0 bridgehead atoms. The maximum atomic E-state index is 10.6. The van der Waals surface area contributed by atoms with Crippen molar-refractivity contribution in [2.75, 3.05) is 0 Å². The molecule has 2 rings (SSSR count). The van der Waals surface area contributed by atoms with Gasteiger partial charge in [-0.1, -0.05) is 29.4 Å². The molecule has 0 aromatic heterocycles. The van der Waals surface area contributed by atoms with Crippen molar-refractivity contribution in [1.82, 2.24) is 0 Å². The summed E-state index contributed by atoms with van der Waals surface area (Å²) in [4.78, 5) is 12.1. The number of hydrogen-bond donors (Lipinski definition) is 0. The predicted octanol–water partition coefficient (Wildman–Crippen LogP) is 4.40. The van der Waals surface area contributed by atoms with Crippen molar-refractivity contribution in [3.05, 3.63) is 63.7 Å². The van der Waals surface area contributed by atoms with Crippen molar-refractivity contribution >= 4 is 29.1 Å². The van der Waals surface area contributed by atoms with Crippen LogP contribution in [0, 0.1) is 10.1 Å². The van der Waals surface area contributed by atoms with Gasteiger partial charge in [0.2, 0.25) is 0 Å². The van der Waals surface area contributed by atoms with Gasteiger partial charge in [0.25, 0.3) is 5.69 Å². The van der Waals surface area contributed by atoms with Gasteiger partial charge in [0, 0.05) is 26.9 Å². The Morgan fingerprint density at radius 3 is 2.41 bits per heavy atom. The summed E-state index contributed by atoms with van der Waals surface area (Å²) in [5, 5.41) is 11.3. The van der Waals surface area contributed by atoms with Crippen LogP contribution in [-0.4, -0.2) is 4.92 Å². The summed E-state index contributed by atoms with van der Waals surface area (Å²) >= 11 is 7.25. The summed E-state index contributed by atoms with van der Waals surface area (Å²) in [5.41, 5.74) is 0.101. The Kier molecular flexibility index (Phi) is 3.66. The zero-order chi connectivity index (χ0) is 12.3. The van der Waals surface area contributed by atoms with Crippen molar-refractivity contribution < 1.29 is 4.92 Å². The lowest BCUT2D eigenvalue weighted by Crippen LogP contribution is -1.87. The summed E-state index contributed by atoms with van der Waals surface area (Å²) in [6, 6.07) is 13.9. The minimum Gasteiger partial charge on any atom is -0.258 e. The van der Waals surface area contributed by atoms with Crippen LogP contribution in [0.3, 0.4) is 0 Å². The van der Waals surface area contributed by atoms with E-state index in [1.165, 1.54) is 17.8 Å². The van der Waals surface area contributed by atoms with Crippen LogP contribution in [0.4, 0.5) is 5.69 Å². The molecule has 0 aliphatic rings. The van der Waals surface area contributed by atoms with E-state index in [9.17, 15) is 10.1 Å². The topological polar surface area (TPSA) is 43.1 Å². The fraction of sp³-hybridized carbons (Fsp3) is 0. The highest BCUT2D eigenvalue weighted by atomic mass is 35.5. The maximum Gasteiger partial charge on any atom is 0.270 e. The monoisotopic (exact) mass is 265 g/mol. The van der Waals surface area contributed by atoms with Gasteiger partial charge in [0.05, 0.1) is 4.92 Å². The quantitative estimate of drug-likeness (QED) is 0.610. The number of halogens is 1. The van der Waals surface area contributed by atoms with Crippen LogP contribution < -0.4 is 0 Å². The molecule has 0 saturated carbocycles. The third kappa shape index (κ3) is 3.22. The zero-order valence-corrected chi connectivity index (χ0v) is 10.2. The Morgan fingerprint density at radius 1 is 1.06 bits per heavy atom. The molecule has 0 spiro atoms. The van der Waals surface area contributed by atoms with Crippen molar-refractivity contribution in [3.63, 3.8) is 0 Å². The molecule has 5 heteroatoms. The van der Waals surface area contributed by atoms with Gasteiger partial charge in [-0.15, -0.1) is 0 Å². The molecule has 0 unspecified atom stereocenters. The van der Waals surface area contributed by atoms with Gasteiger partial charge in [-0.2, -0.15) is 0 Å². The molecule has 17 heavy (non-hydrogen) atoms. The maximum absolute atomic E-state index is 10.6. The molecule has 0 heterocycles. The summed E-state index contributed by atoms with van der Waals surface area (Å²) in [6.45, 7) is 0. The number of nitro benzene ring substituents is 1. The van der Waals surface area contributed by atoms with Crippen LogP contribution >= 0.6 is 23.4 Å². The minimum absolute atomic E-state index is 0.101. The van der Waals surface area contributed by atoms with E-state index in [1.54, 1.807) is 24.3 Å². The van der Waals surface area contributed by atoms with Gasteiger partial charge in [-0.05, 0) is 30.3 Å². The molecule has 0 aliphatic heterocycles. The molecule has 0 aliphatic carbocycles.